The van der Waals surface area contributed by atoms with Gasteiger partial charge in [-0.05, 0) is 76.1 Å². The summed E-state index contributed by atoms with van der Waals surface area (Å²) in [4.78, 5) is 30.0. The fourth-order valence-corrected chi connectivity index (χ4v) is 6.98. The number of nitrogens with one attached hydrogen (secondary N) is 1. The molecule has 4 aromatic carbocycles. The highest BCUT2D eigenvalue weighted by atomic mass is 35.5. The quantitative estimate of drug-likeness (QED) is 0.179. The van der Waals surface area contributed by atoms with Gasteiger partial charge in [-0.3, -0.25) is 13.9 Å². The Bertz CT molecular complexity index is 1770. The van der Waals surface area contributed by atoms with E-state index in [1.54, 1.807) is 12.1 Å². The van der Waals surface area contributed by atoms with Crippen molar-refractivity contribution in [1.82, 2.24) is 10.2 Å². The molecule has 10 heteroatoms. The fraction of sp³-hybridized carbons (Fsp3) is 0.278. The Balaban J connectivity index is 1.84. The van der Waals surface area contributed by atoms with Crippen LogP contribution in [0.25, 0.3) is 0 Å². The molecule has 4 aromatic rings. The predicted molar refractivity (Wildman–Crippen MR) is 186 cm³/mol. The van der Waals surface area contributed by atoms with Crippen molar-refractivity contribution in [3.8, 4) is 0 Å². The highest BCUT2D eigenvalue weighted by molar-refractivity contribution is 7.92. The van der Waals surface area contributed by atoms with Crippen LogP contribution in [0, 0.1) is 13.8 Å². The number of benzene rings is 4. The second-order valence-corrected chi connectivity index (χ2v) is 15.1. The minimum Gasteiger partial charge on any atom is -0.350 e. The van der Waals surface area contributed by atoms with Gasteiger partial charge in [0.05, 0.1) is 10.6 Å². The number of aryl methyl sites for hydroxylation is 2. The van der Waals surface area contributed by atoms with E-state index in [-0.39, 0.29) is 39.5 Å². The van der Waals surface area contributed by atoms with Crippen LogP contribution in [0.2, 0.25) is 10.0 Å². The largest absolute Gasteiger partial charge is 0.350 e. The zero-order valence-corrected chi connectivity index (χ0v) is 29.0. The van der Waals surface area contributed by atoms with E-state index >= 15 is 0 Å². The summed E-state index contributed by atoms with van der Waals surface area (Å²) in [5, 5.41) is 3.45. The van der Waals surface area contributed by atoms with Crippen molar-refractivity contribution in [2.45, 2.75) is 64.1 Å². The van der Waals surface area contributed by atoms with Crippen molar-refractivity contribution in [3.05, 3.63) is 129 Å². The van der Waals surface area contributed by atoms with E-state index in [4.69, 9.17) is 23.2 Å². The number of nitrogens with zero attached hydrogens (tertiary/aromatic N) is 2. The summed E-state index contributed by atoms with van der Waals surface area (Å²) in [6, 6.07) is 26.9. The van der Waals surface area contributed by atoms with E-state index in [0.717, 1.165) is 26.6 Å². The third-order valence-electron chi connectivity index (χ3n) is 7.23. The lowest BCUT2D eigenvalue weighted by atomic mass is 10.0. The third-order valence-corrected chi connectivity index (χ3v) is 9.45. The van der Waals surface area contributed by atoms with Crippen LogP contribution < -0.4 is 9.62 Å². The van der Waals surface area contributed by atoms with Gasteiger partial charge in [0, 0.05) is 28.5 Å². The van der Waals surface area contributed by atoms with Crippen molar-refractivity contribution in [2.75, 3.05) is 10.8 Å². The van der Waals surface area contributed by atoms with Crippen LogP contribution in [-0.4, -0.2) is 43.3 Å². The molecule has 1 unspecified atom stereocenters. The first-order valence-corrected chi connectivity index (χ1v) is 17.1. The van der Waals surface area contributed by atoms with Gasteiger partial charge in [0.25, 0.3) is 10.0 Å². The second-order valence-electron chi connectivity index (χ2n) is 12.4. The van der Waals surface area contributed by atoms with Crippen molar-refractivity contribution in [3.63, 3.8) is 0 Å². The summed E-state index contributed by atoms with van der Waals surface area (Å²) in [6.07, 6.45) is 0.216. The topological polar surface area (TPSA) is 86.8 Å². The van der Waals surface area contributed by atoms with Crippen LogP contribution in [0.5, 0.6) is 0 Å². The van der Waals surface area contributed by atoms with Gasteiger partial charge in [0.15, 0.2) is 0 Å². The Morgan fingerprint density at radius 1 is 0.783 bits per heavy atom. The lowest BCUT2D eigenvalue weighted by Crippen LogP contribution is -2.56. The Morgan fingerprint density at radius 2 is 1.39 bits per heavy atom. The van der Waals surface area contributed by atoms with Crippen LogP contribution in [0.1, 0.15) is 43.0 Å². The van der Waals surface area contributed by atoms with Crippen LogP contribution in [0.4, 0.5) is 5.69 Å². The Morgan fingerprint density at radius 3 is 1.98 bits per heavy atom. The Kier molecular flexibility index (Phi) is 11.2. The molecule has 0 heterocycles. The van der Waals surface area contributed by atoms with Gasteiger partial charge in [-0.2, -0.15) is 0 Å². The van der Waals surface area contributed by atoms with Gasteiger partial charge in [0.1, 0.15) is 12.6 Å². The van der Waals surface area contributed by atoms with Crippen molar-refractivity contribution < 1.29 is 18.0 Å². The zero-order valence-electron chi connectivity index (χ0n) is 26.6. The number of rotatable bonds is 11. The first kappa shape index (κ1) is 35.0. The predicted octanol–water partition coefficient (Wildman–Crippen LogP) is 7.36. The van der Waals surface area contributed by atoms with Crippen LogP contribution in [-0.2, 0) is 32.6 Å². The Hall–Kier alpha value is -3.85. The number of anilines is 1. The zero-order chi connectivity index (χ0) is 33.6. The molecule has 0 saturated heterocycles. The smallest absolute Gasteiger partial charge is 0.264 e. The monoisotopic (exact) mass is 679 g/mol. The molecule has 4 rings (SSSR count). The van der Waals surface area contributed by atoms with E-state index < -0.39 is 34.1 Å². The normalized spacial score (nSPS) is 12.3. The first-order valence-electron chi connectivity index (χ1n) is 14.9. The van der Waals surface area contributed by atoms with Gasteiger partial charge in [-0.15, -0.1) is 0 Å². The fourth-order valence-electron chi connectivity index (χ4n) is 5.06. The standard InChI is InChI=1S/C36H39Cl2N3O4S/c1-25-14-16-32(17-15-25)46(44,45)41(31-21-29(37)20-30(38)22-31)24-34(42)40(23-28-13-9-10-26(2)18-28)33(35(43)39-36(3,4)5)19-27-11-7-6-8-12-27/h6-18,20-22,33H,19,23-24H2,1-5H3,(H,39,43). The number of sulfonamides is 1. The summed E-state index contributed by atoms with van der Waals surface area (Å²) >= 11 is 12.6. The molecule has 0 saturated carbocycles. The molecule has 7 nitrogen and oxygen atoms in total. The molecule has 0 radical (unpaired) electrons. The molecule has 0 aliphatic rings. The molecular weight excluding hydrogens is 641 g/mol. The minimum atomic E-state index is -4.28. The van der Waals surface area contributed by atoms with Crippen LogP contribution in [0.3, 0.4) is 0 Å². The summed E-state index contributed by atoms with van der Waals surface area (Å²) < 4.78 is 29.4. The highest BCUT2D eigenvalue weighted by Gasteiger charge is 2.35. The molecule has 0 bridgehead atoms. The number of amides is 2. The summed E-state index contributed by atoms with van der Waals surface area (Å²) in [6.45, 7) is 8.88. The molecular formula is C36H39Cl2N3O4S. The number of hydrogen-bond acceptors (Lipinski definition) is 4. The summed E-state index contributed by atoms with van der Waals surface area (Å²) in [7, 11) is -4.28. The van der Waals surface area contributed by atoms with Gasteiger partial charge >= 0.3 is 0 Å². The molecule has 1 N–H and O–H groups in total. The SMILES string of the molecule is Cc1ccc(S(=O)(=O)N(CC(=O)N(Cc2cccc(C)c2)C(Cc2ccccc2)C(=O)NC(C)(C)C)c2cc(Cl)cc(Cl)c2)cc1. The van der Waals surface area contributed by atoms with Crippen molar-refractivity contribution in [1.29, 1.82) is 0 Å². The van der Waals surface area contributed by atoms with Crippen molar-refractivity contribution in [2.24, 2.45) is 0 Å². The molecule has 0 fully saturated rings. The molecule has 2 amide bonds. The van der Waals surface area contributed by atoms with E-state index in [1.807, 2.05) is 89.2 Å². The first-order chi connectivity index (χ1) is 21.6. The molecule has 242 valence electrons. The van der Waals surface area contributed by atoms with Gasteiger partial charge < -0.3 is 10.2 Å². The third kappa shape index (κ3) is 9.34. The van der Waals surface area contributed by atoms with Gasteiger partial charge in [0.2, 0.25) is 11.8 Å². The van der Waals surface area contributed by atoms with E-state index in [1.165, 1.54) is 35.2 Å². The number of halogens is 2. The van der Waals surface area contributed by atoms with Crippen LogP contribution >= 0.6 is 23.2 Å². The average Bonchev–Trinajstić information content (AvgIpc) is 2.97. The molecule has 1 atom stereocenters. The van der Waals surface area contributed by atoms with Gasteiger partial charge in [-0.1, -0.05) is 101 Å². The number of carbonyl (C=O) groups excluding carboxylic acids is 2. The maximum absolute atomic E-state index is 14.6. The van der Waals surface area contributed by atoms with Crippen molar-refractivity contribution >= 4 is 50.7 Å². The lowest BCUT2D eigenvalue weighted by molar-refractivity contribution is -0.140. The van der Waals surface area contributed by atoms with Gasteiger partial charge in [-0.25, -0.2) is 8.42 Å². The highest BCUT2D eigenvalue weighted by Crippen LogP contribution is 2.30. The molecule has 0 aliphatic heterocycles. The van der Waals surface area contributed by atoms with E-state index in [9.17, 15) is 18.0 Å². The maximum atomic E-state index is 14.6. The Labute approximate surface area is 282 Å². The van der Waals surface area contributed by atoms with E-state index in [0.29, 0.717) is 0 Å². The minimum absolute atomic E-state index is 0.00135. The van der Waals surface area contributed by atoms with Crippen LogP contribution in [0.15, 0.2) is 102 Å². The lowest BCUT2D eigenvalue weighted by Gasteiger charge is -2.35. The average molecular weight is 681 g/mol. The second kappa shape index (κ2) is 14.7. The molecule has 0 spiro atoms. The summed E-state index contributed by atoms with van der Waals surface area (Å²) in [5.74, 6) is -0.922. The maximum Gasteiger partial charge on any atom is 0.264 e. The summed E-state index contributed by atoms with van der Waals surface area (Å²) in [5.41, 5.74) is 3.06. The number of carbonyl (C=O) groups is 2. The molecule has 0 aromatic heterocycles. The molecule has 0 aliphatic carbocycles. The van der Waals surface area contributed by atoms with E-state index in [2.05, 4.69) is 5.32 Å². The number of hydrogen-bond donors (Lipinski definition) is 1. The molecule has 46 heavy (non-hydrogen) atoms.